The molecule has 1 atom stereocenters. The van der Waals surface area contributed by atoms with Crippen molar-refractivity contribution in [1.29, 1.82) is 0 Å². The van der Waals surface area contributed by atoms with E-state index in [0.717, 1.165) is 29.3 Å². The molecule has 8 nitrogen and oxygen atoms in total. The third-order valence-electron chi connectivity index (χ3n) is 6.30. The molecule has 0 heterocycles. The topological polar surface area (TPSA) is 96.0 Å². The first-order valence-electron chi connectivity index (χ1n) is 12.8. The zero-order valence-corrected chi connectivity index (χ0v) is 24.2. The van der Waals surface area contributed by atoms with Crippen molar-refractivity contribution in [3.63, 3.8) is 0 Å². The monoisotopic (exact) mass is 589 g/mol. The molecule has 0 bridgehead atoms. The number of halogens is 2. The molecule has 0 aliphatic carbocycles. The van der Waals surface area contributed by atoms with Crippen LogP contribution < -0.4 is 14.4 Å². The Morgan fingerprint density at radius 1 is 1.00 bits per heavy atom. The summed E-state index contributed by atoms with van der Waals surface area (Å²) >= 11 is 6.02. The largest absolute Gasteiger partial charge is 0.497 e. The van der Waals surface area contributed by atoms with Gasteiger partial charge in [0.15, 0.2) is 0 Å². The number of nitrogens with zero attached hydrogens (tertiary/aromatic N) is 2. The molecule has 3 aromatic rings. The molecule has 40 heavy (non-hydrogen) atoms. The number of rotatable bonds is 13. The molecule has 0 aromatic heterocycles. The lowest BCUT2D eigenvalue weighted by Gasteiger charge is -2.32. The predicted molar refractivity (Wildman–Crippen MR) is 153 cm³/mol. The summed E-state index contributed by atoms with van der Waals surface area (Å²) < 4.78 is 47.3. The number of anilines is 1. The highest BCUT2D eigenvalue weighted by atomic mass is 35.5. The Morgan fingerprint density at radius 2 is 1.62 bits per heavy atom. The van der Waals surface area contributed by atoms with Crippen molar-refractivity contribution in [2.24, 2.45) is 0 Å². The van der Waals surface area contributed by atoms with Crippen LogP contribution in [0.2, 0.25) is 5.02 Å². The number of carbonyl (C=O) groups excluding carboxylic acids is 2. The summed E-state index contributed by atoms with van der Waals surface area (Å²) in [6.07, 6.45) is 1.67. The van der Waals surface area contributed by atoms with Crippen LogP contribution in [0.15, 0.2) is 77.7 Å². The van der Waals surface area contributed by atoms with Gasteiger partial charge in [0.05, 0.1) is 17.7 Å². The molecule has 0 spiro atoms. The molecule has 0 saturated carbocycles. The Hall–Kier alpha value is -3.63. The summed E-state index contributed by atoms with van der Waals surface area (Å²) in [4.78, 5) is 28.0. The molecule has 214 valence electrons. The number of carbonyl (C=O) groups is 2. The molecule has 3 aromatic carbocycles. The van der Waals surface area contributed by atoms with Crippen LogP contribution in [0.3, 0.4) is 0 Å². The minimum Gasteiger partial charge on any atom is -0.497 e. The summed E-state index contributed by atoms with van der Waals surface area (Å²) in [6, 6.07) is 16.4. The molecule has 0 radical (unpaired) electrons. The summed E-state index contributed by atoms with van der Waals surface area (Å²) in [5.74, 6) is -1.07. The van der Waals surface area contributed by atoms with Crippen LogP contribution >= 0.6 is 11.6 Å². The Morgan fingerprint density at radius 3 is 2.20 bits per heavy atom. The second-order valence-corrected chi connectivity index (χ2v) is 11.4. The SMILES string of the molecule is CCCCNC(=O)C(C)N(Cc1ccc(Cl)cc1)C(=O)CN(c1ccc(F)cc1)S(=O)(=O)c1ccc(OC)cc1. The maximum Gasteiger partial charge on any atom is 0.264 e. The smallest absolute Gasteiger partial charge is 0.264 e. The van der Waals surface area contributed by atoms with Gasteiger partial charge in [-0.3, -0.25) is 13.9 Å². The fourth-order valence-electron chi connectivity index (χ4n) is 3.92. The molecule has 11 heteroatoms. The van der Waals surface area contributed by atoms with Crippen molar-refractivity contribution < 1.29 is 27.1 Å². The van der Waals surface area contributed by atoms with E-state index in [1.54, 1.807) is 31.2 Å². The second-order valence-electron chi connectivity index (χ2n) is 9.13. The van der Waals surface area contributed by atoms with Gasteiger partial charge in [-0.05, 0) is 79.6 Å². The summed E-state index contributed by atoms with van der Waals surface area (Å²) in [7, 11) is -2.81. The van der Waals surface area contributed by atoms with E-state index in [0.29, 0.717) is 22.9 Å². The Bertz CT molecular complexity index is 1380. The van der Waals surface area contributed by atoms with E-state index in [9.17, 15) is 22.4 Å². The molecule has 0 saturated heterocycles. The quantitative estimate of drug-likeness (QED) is 0.283. The Balaban J connectivity index is 1.99. The molecule has 1 N–H and O–H groups in total. The van der Waals surface area contributed by atoms with E-state index in [1.807, 2.05) is 6.92 Å². The zero-order valence-electron chi connectivity index (χ0n) is 22.6. The maximum absolute atomic E-state index is 13.8. The van der Waals surface area contributed by atoms with Gasteiger partial charge in [0.2, 0.25) is 11.8 Å². The highest BCUT2D eigenvalue weighted by Crippen LogP contribution is 2.26. The van der Waals surface area contributed by atoms with Crippen molar-refractivity contribution >= 4 is 39.1 Å². The van der Waals surface area contributed by atoms with E-state index in [-0.39, 0.29) is 23.0 Å². The number of benzene rings is 3. The number of ether oxygens (including phenoxy) is 1. The van der Waals surface area contributed by atoms with E-state index in [4.69, 9.17) is 16.3 Å². The number of methoxy groups -OCH3 is 1. The van der Waals surface area contributed by atoms with Gasteiger partial charge in [-0.1, -0.05) is 37.1 Å². The van der Waals surface area contributed by atoms with E-state index in [1.165, 1.54) is 48.4 Å². The summed E-state index contributed by atoms with van der Waals surface area (Å²) in [5.41, 5.74) is 0.800. The third-order valence-corrected chi connectivity index (χ3v) is 8.34. The fraction of sp³-hybridized carbons (Fsp3) is 0.310. The highest BCUT2D eigenvalue weighted by molar-refractivity contribution is 7.92. The van der Waals surface area contributed by atoms with Gasteiger partial charge >= 0.3 is 0 Å². The number of hydrogen-bond acceptors (Lipinski definition) is 5. The predicted octanol–water partition coefficient (Wildman–Crippen LogP) is 5.02. The first kappa shape index (κ1) is 30.9. The van der Waals surface area contributed by atoms with Crippen LogP contribution in [-0.2, 0) is 26.2 Å². The van der Waals surface area contributed by atoms with E-state index < -0.39 is 34.3 Å². The van der Waals surface area contributed by atoms with Crippen molar-refractivity contribution in [3.8, 4) is 5.75 Å². The molecule has 2 amide bonds. The Labute approximate surface area is 239 Å². The van der Waals surface area contributed by atoms with Crippen molar-refractivity contribution in [1.82, 2.24) is 10.2 Å². The van der Waals surface area contributed by atoms with Crippen LogP contribution in [-0.4, -0.2) is 51.4 Å². The fourth-order valence-corrected chi connectivity index (χ4v) is 5.46. The van der Waals surface area contributed by atoms with Gasteiger partial charge in [0, 0.05) is 18.1 Å². The number of unbranched alkanes of at least 4 members (excludes halogenated alkanes) is 1. The lowest BCUT2D eigenvalue weighted by atomic mass is 10.1. The van der Waals surface area contributed by atoms with Gasteiger partial charge in [-0.15, -0.1) is 0 Å². The molecule has 0 aliphatic rings. The average molecular weight is 590 g/mol. The molecule has 1 unspecified atom stereocenters. The lowest BCUT2D eigenvalue weighted by Crippen LogP contribution is -2.51. The molecule has 3 rings (SSSR count). The third kappa shape index (κ3) is 7.95. The van der Waals surface area contributed by atoms with Gasteiger partial charge in [-0.2, -0.15) is 0 Å². The van der Waals surface area contributed by atoms with E-state index >= 15 is 0 Å². The first-order valence-corrected chi connectivity index (χ1v) is 14.6. The molecular weight excluding hydrogens is 557 g/mol. The number of hydrogen-bond donors (Lipinski definition) is 1. The normalized spacial score (nSPS) is 11.9. The minimum absolute atomic E-state index is 0.0399. The first-order chi connectivity index (χ1) is 19.1. The molecular formula is C29H33ClFN3O5S. The van der Waals surface area contributed by atoms with Crippen LogP contribution in [0.4, 0.5) is 10.1 Å². The average Bonchev–Trinajstić information content (AvgIpc) is 2.95. The van der Waals surface area contributed by atoms with Crippen LogP contribution in [0.1, 0.15) is 32.3 Å². The number of sulfonamides is 1. The second kappa shape index (κ2) is 14.1. The molecule has 0 aliphatic heterocycles. The maximum atomic E-state index is 13.8. The van der Waals surface area contributed by atoms with Gasteiger partial charge in [0.25, 0.3) is 10.0 Å². The van der Waals surface area contributed by atoms with Gasteiger partial charge in [-0.25, -0.2) is 12.8 Å². The van der Waals surface area contributed by atoms with Crippen molar-refractivity contribution in [2.75, 3.05) is 24.5 Å². The number of nitrogens with one attached hydrogen (secondary N) is 1. The van der Waals surface area contributed by atoms with Gasteiger partial charge < -0.3 is 15.0 Å². The van der Waals surface area contributed by atoms with Crippen LogP contribution in [0, 0.1) is 5.82 Å². The Kier molecular flexibility index (Phi) is 10.9. The zero-order chi connectivity index (χ0) is 29.3. The summed E-state index contributed by atoms with van der Waals surface area (Å²) in [6.45, 7) is 3.46. The van der Waals surface area contributed by atoms with E-state index in [2.05, 4.69) is 5.32 Å². The van der Waals surface area contributed by atoms with Crippen LogP contribution in [0.5, 0.6) is 5.75 Å². The van der Waals surface area contributed by atoms with Crippen molar-refractivity contribution in [2.45, 2.75) is 44.2 Å². The minimum atomic E-state index is -4.27. The van der Waals surface area contributed by atoms with Crippen LogP contribution in [0.25, 0.3) is 0 Å². The van der Waals surface area contributed by atoms with Crippen molar-refractivity contribution in [3.05, 3.63) is 89.2 Å². The number of amides is 2. The lowest BCUT2D eigenvalue weighted by molar-refractivity contribution is -0.139. The summed E-state index contributed by atoms with van der Waals surface area (Å²) in [5, 5.41) is 3.35. The standard InChI is InChI=1S/C29H33ClFN3O5S/c1-4-5-18-32-29(36)21(2)33(19-22-6-8-23(30)9-7-22)28(35)20-34(25-12-10-24(31)11-13-25)40(37,38)27-16-14-26(39-3)15-17-27/h6-17,21H,4-5,18-20H2,1-3H3,(H,32,36). The molecule has 0 fully saturated rings. The highest BCUT2D eigenvalue weighted by Gasteiger charge is 2.32. The van der Waals surface area contributed by atoms with Gasteiger partial charge in [0.1, 0.15) is 24.2 Å².